The fourth-order valence-electron chi connectivity index (χ4n) is 3.62. The Hall–Kier alpha value is -2.73. The molecule has 0 saturated carbocycles. The van der Waals surface area contributed by atoms with Gasteiger partial charge in [0, 0.05) is 17.1 Å². The summed E-state index contributed by atoms with van der Waals surface area (Å²) in [6.07, 6.45) is 2.93. The van der Waals surface area contributed by atoms with Crippen LogP contribution in [0.15, 0.2) is 23.3 Å². The van der Waals surface area contributed by atoms with Gasteiger partial charge >= 0.3 is 6.09 Å². The summed E-state index contributed by atoms with van der Waals surface area (Å²) in [7, 11) is 0. The van der Waals surface area contributed by atoms with E-state index < -0.39 is 23.8 Å². The van der Waals surface area contributed by atoms with Gasteiger partial charge in [0.1, 0.15) is 11.6 Å². The molecule has 1 aliphatic carbocycles. The van der Waals surface area contributed by atoms with Crippen LogP contribution in [0, 0.1) is 0 Å². The van der Waals surface area contributed by atoms with Crippen LogP contribution in [0.25, 0.3) is 10.4 Å². The summed E-state index contributed by atoms with van der Waals surface area (Å²) in [5, 5.41) is 6.59. The number of ether oxygens (including phenoxy) is 1. The van der Waals surface area contributed by atoms with E-state index >= 15 is 0 Å². The van der Waals surface area contributed by atoms with Crippen molar-refractivity contribution in [2.45, 2.75) is 64.1 Å². The normalized spacial score (nSPS) is 21.4. The number of benzene rings is 1. The van der Waals surface area contributed by atoms with E-state index in [1.807, 2.05) is 18.2 Å². The van der Waals surface area contributed by atoms with Gasteiger partial charge in [-0.3, -0.25) is 9.69 Å². The van der Waals surface area contributed by atoms with Crippen molar-refractivity contribution in [2.75, 3.05) is 11.9 Å². The number of fused-ring (bicyclic) bond motifs is 1. The van der Waals surface area contributed by atoms with Crippen LogP contribution < -0.4 is 5.32 Å². The number of carbonyl (C=O) groups is 2. The van der Waals surface area contributed by atoms with E-state index in [2.05, 4.69) is 15.3 Å². The van der Waals surface area contributed by atoms with Crippen LogP contribution in [-0.4, -0.2) is 41.1 Å². The lowest BCUT2D eigenvalue weighted by Crippen LogP contribution is -2.45. The zero-order valence-corrected chi connectivity index (χ0v) is 15.9. The summed E-state index contributed by atoms with van der Waals surface area (Å²) < 4.78 is 5.41. The molecule has 0 unspecified atom stereocenters. The minimum Gasteiger partial charge on any atom is -0.444 e. The second-order valence-electron chi connectivity index (χ2n) is 8.07. The van der Waals surface area contributed by atoms with Crippen molar-refractivity contribution in [3.63, 3.8) is 0 Å². The van der Waals surface area contributed by atoms with Gasteiger partial charge in [-0.15, -0.1) is 0 Å². The highest BCUT2D eigenvalue weighted by Crippen LogP contribution is 2.27. The average Bonchev–Trinajstić information content (AvgIpc) is 3.19. The summed E-state index contributed by atoms with van der Waals surface area (Å²) in [5.74, 6) is -0.297. The average molecular weight is 371 g/mol. The Morgan fingerprint density at radius 1 is 1.30 bits per heavy atom. The van der Waals surface area contributed by atoms with Crippen molar-refractivity contribution in [1.29, 1.82) is 0 Å². The van der Waals surface area contributed by atoms with Gasteiger partial charge in [0.05, 0.1) is 6.04 Å². The van der Waals surface area contributed by atoms with Crippen LogP contribution in [0.1, 0.15) is 44.7 Å². The number of azide groups is 1. The fraction of sp³-hybridized carbons (Fsp3) is 0.579. The minimum absolute atomic E-state index is 0.168. The van der Waals surface area contributed by atoms with Crippen LogP contribution in [0.2, 0.25) is 0 Å². The molecule has 0 bridgehead atoms. The van der Waals surface area contributed by atoms with Crippen molar-refractivity contribution < 1.29 is 14.3 Å². The van der Waals surface area contributed by atoms with Crippen molar-refractivity contribution in [1.82, 2.24) is 4.90 Å². The molecule has 2 amide bonds. The zero-order chi connectivity index (χ0) is 19.6. The second-order valence-corrected chi connectivity index (χ2v) is 8.07. The first-order valence-corrected chi connectivity index (χ1v) is 9.23. The Balaban J connectivity index is 1.75. The van der Waals surface area contributed by atoms with Crippen molar-refractivity contribution in [3.8, 4) is 0 Å². The Kier molecular flexibility index (Phi) is 5.28. The number of nitrogens with one attached hydrogen (secondary N) is 1. The fourth-order valence-corrected chi connectivity index (χ4v) is 3.62. The predicted octanol–water partition coefficient (Wildman–Crippen LogP) is 3.80. The van der Waals surface area contributed by atoms with Crippen LogP contribution in [-0.2, 0) is 22.4 Å². The first-order valence-electron chi connectivity index (χ1n) is 9.23. The molecular formula is C19H25N5O3. The topological polar surface area (TPSA) is 107 Å². The third-order valence-corrected chi connectivity index (χ3v) is 4.79. The molecule has 0 spiro atoms. The Morgan fingerprint density at radius 3 is 2.74 bits per heavy atom. The maximum Gasteiger partial charge on any atom is 0.410 e. The number of hydrogen-bond donors (Lipinski definition) is 1. The lowest BCUT2D eigenvalue weighted by atomic mass is 10.1. The highest BCUT2D eigenvalue weighted by molar-refractivity contribution is 5.97. The zero-order valence-electron chi connectivity index (χ0n) is 15.9. The number of likely N-dealkylation sites (tertiary alicyclic amines) is 1. The highest BCUT2D eigenvalue weighted by atomic mass is 16.6. The van der Waals surface area contributed by atoms with E-state index in [0.29, 0.717) is 0 Å². The molecule has 2 atom stereocenters. The molecule has 0 radical (unpaired) electrons. The summed E-state index contributed by atoms with van der Waals surface area (Å²) in [4.78, 5) is 29.5. The van der Waals surface area contributed by atoms with E-state index in [-0.39, 0.29) is 18.9 Å². The van der Waals surface area contributed by atoms with Gasteiger partial charge in [-0.25, -0.2) is 4.79 Å². The van der Waals surface area contributed by atoms with Crippen molar-refractivity contribution in [2.24, 2.45) is 5.11 Å². The Labute approximate surface area is 158 Å². The molecule has 0 aromatic heterocycles. The van der Waals surface area contributed by atoms with E-state index in [1.54, 1.807) is 20.8 Å². The first-order chi connectivity index (χ1) is 12.8. The molecule has 2 aliphatic rings. The van der Waals surface area contributed by atoms with E-state index in [0.717, 1.165) is 24.9 Å². The summed E-state index contributed by atoms with van der Waals surface area (Å²) in [6, 6.07) is 4.75. The van der Waals surface area contributed by atoms with Gasteiger partial charge < -0.3 is 10.1 Å². The standard InChI is InChI=1S/C19H25N5O3/c1-19(2,3)27-18(26)24-11-15(22-23-20)10-16(24)17(25)21-14-8-7-12-5-4-6-13(12)9-14/h7-9,15-16H,4-6,10-11H2,1-3H3,(H,21,25)/t15-,16-/m0/s1. The molecule has 3 rings (SSSR count). The van der Waals surface area contributed by atoms with Gasteiger partial charge in [-0.2, -0.15) is 0 Å². The van der Waals surface area contributed by atoms with Crippen LogP contribution in [0.3, 0.4) is 0 Å². The molecule has 1 aromatic rings. The molecule has 1 saturated heterocycles. The monoisotopic (exact) mass is 371 g/mol. The van der Waals surface area contributed by atoms with Gasteiger partial charge in [-0.1, -0.05) is 11.2 Å². The number of amides is 2. The molecular weight excluding hydrogens is 346 g/mol. The number of anilines is 1. The van der Waals surface area contributed by atoms with E-state index in [4.69, 9.17) is 10.3 Å². The summed E-state index contributed by atoms with van der Waals surface area (Å²) >= 11 is 0. The number of nitrogens with zero attached hydrogens (tertiary/aromatic N) is 4. The van der Waals surface area contributed by atoms with Gasteiger partial charge in [0.2, 0.25) is 5.91 Å². The first kappa shape index (κ1) is 19.0. The lowest BCUT2D eigenvalue weighted by molar-refractivity contribution is -0.120. The smallest absolute Gasteiger partial charge is 0.410 e. The molecule has 8 nitrogen and oxygen atoms in total. The molecule has 1 fully saturated rings. The van der Waals surface area contributed by atoms with Crippen molar-refractivity contribution in [3.05, 3.63) is 39.8 Å². The SMILES string of the molecule is CC(C)(C)OC(=O)N1C[C@@H](N=[N+]=[N-])C[C@H]1C(=O)Nc1ccc2c(c1)CCC2. The third-order valence-electron chi connectivity index (χ3n) is 4.79. The predicted molar refractivity (Wildman–Crippen MR) is 101 cm³/mol. The number of carbonyl (C=O) groups excluding carboxylic acids is 2. The van der Waals surface area contributed by atoms with E-state index in [9.17, 15) is 9.59 Å². The number of rotatable bonds is 3. The van der Waals surface area contributed by atoms with Gasteiger partial charge in [-0.05, 0) is 75.2 Å². The quantitative estimate of drug-likeness (QED) is 0.496. The third kappa shape index (κ3) is 4.52. The second kappa shape index (κ2) is 7.48. The summed E-state index contributed by atoms with van der Waals surface area (Å²) in [5.41, 5.74) is 11.3. The largest absolute Gasteiger partial charge is 0.444 e. The molecule has 1 heterocycles. The molecule has 1 aromatic carbocycles. The number of aryl methyl sites for hydroxylation is 2. The molecule has 144 valence electrons. The summed E-state index contributed by atoms with van der Waals surface area (Å²) in [6.45, 7) is 5.48. The molecule has 27 heavy (non-hydrogen) atoms. The maximum atomic E-state index is 12.8. The highest BCUT2D eigenvalue weighted by Gasteiger charge is 2.41. The Morgan fingerprint density at radius 2 is 2.04 bits per heavy atom. The molecule has 1 aliphatic heterocycles. The molecule has 8 heteroatoms. The van der Waals surface area contributed by atoms with Gasteiger partial charge in [0.25, 0.3) is 0 Å². The maximum absolute atomic E-state index is 12.8. The number of hydrogen-bond acceptors (Lipinski definition) is 4. The van der Waals surface area contributed by atoms with Crippen LogP contribution in [0.4, 0.5) is 10.5 Å². The van der Waals surface area contributed by atoms with Crippen molar-refractivity contribution >= 4 is 17.7 Å². The van der Waals surface area contributed by atoms with E-state index in [1.165, 1.54) is 16.0 Å². The van der Waals surface area contributed by atoms with Gasteiger partial charge in [0.15, 0.2) is 0 Å². The molecule has 1 N–H and O–H groups in total. The van der Waals surface area contributed by atoms with Crippen LogP contribution >= 0.6 is 0 Å². The minimum atomic E-state index is -0.733. The Bertz CT molecular complexity index is 795. The van der Waals surface area contributed by atoms with Crippen LogP contribution in [0.5, 0.6) is 0 Å². The lowest BCUT2D eigenvalue weighted by Gasteiger charge is -2.28.